The minimum absolute atomic E-state index is 0.232. The fourth-order valence-corrected chi connectivity index (χ4v) is 0.869. The van der Waals surface area contributed by atoms with Gasteiger partial charge in [-0.15, -0.1) is 0 Å². The summed E-state index contributed by atoms with van der Waals surface area (Å²) in [6.07, 6.45) is -9.83. The van der Waals surface area contributed by atoms with Crippen LogP contribution in [0.4, 0.5) is 32.0 Å². The molecule has 17 heavy (non-hydrogen) atoms. The minimum atomic E-state index is -6.01. The van der Waals surface area contributed by atoms with E-state index in [1.807, 2.05) is 0 Å². The van der Waals surface area contributed by atoms with Crippen LogP contribution in [0, 0.1) is 0 Å². The lowest BCUT2D eigenvalue weighted by molar-refractivity contribution is -0.328. The molecule has 1 rings (SSSR count). The molecule has 0 bridgehead atoms. The maximum absolute atomic E-state index is 12.7. The van der Waals surface area contributed by atoms with Crippen molar-refractivity contribution in [3.63, 3.8) is 0 Å². The zero-order valence-corrected chi connectivity index (χ0v) is 8.14. The summed E-state index contributed by atoms with van der Waals surface area (Å²) in [5.41, 5.74) is 5.47. The molecular weight excluding hydrogens is 252 g/mol. The second-order valence-electron chi connectivity index (χ2n) is 3.12. The van der Waals surface area contributed by atoms with Gasteiger partial charge in [0, 0.05) is 5.69 Å². The van der Waals surface area contributed by atoms with Crippen molar-refractivity contribution in [1.29, 1.82) is 0 Å². The molecule has 1 aromatic carbocycles. The van der Waals surface area contributed by atoms with Gasteiger partial charge in [-0.25, -0.2) is 0 Å². The van der Waals surface area contributed by atoms with Crippen molar-refractivity contribution in [2.75, 3.05) is 5.73 Å². The number of ether oxygens (including phenoxy) is 1. The number of benzene rings is 1. The van der Waals surface area contributed by atoms with Crippen molar-refractivity contribution in [1.82, 2.24) is 0 Å². The normalized spacial score (nSPS) is 14.5. The fraction of sp³-hybridized carbons (Fsp3) is 0.333. The van der Waals surface area contributed by atoms with Crippen LogP contribution < -0.4 is 10.5 Å². The Morgan fingerprint density at radius 2 is 1.47 bits per heavy atom. The zero-order chi connectivity index (χ0) is 13.3. The summed E-state index contributed by atoms with van der Waals surface area (Å²) in [5.74, 6) is -6.05. The third-order valence-corrected chi connectivity index (χ3v) is 1.78. The molecule has 0 aliphatic carbocycles. The lowest BCUT2D eigenvalue weighted by atomic mass is 10.3. The van der Waals surface area contributed by atoms with Gasteiger partial charge in [-0.1, -0.05) is 0 Å². The van der Waals surface area contributed by atoms with Crippen LogP contribution in [0.3, 0.4) is 0 Å². The Morgan fingerprint density at radius 3 is 1.88 bits per heavy atom. The van der Waals surface area contributed by atoms with Crippen LogP contribution in [0.25, 0.3) is 0 Å². The standard InChI is InChI=1S/C9H7F6NO/c10-7(8(11,12)9(13,14)15)17-6-3-1-5(16)2-4-6/h1-4,7H,16H2. The number of halogens is 6. The number of nitrogens with two attached hydrogens (primary N) is 1. The first kappa shape index (κ1) is 13.5. The maximum Gasteiger partial charge on any atom is 0.460 e. The van der Waals surface area contributed by atoms with Crippen LogP contribution in [0.1, 0.15) is 0 Å². The van der Waals surface area contributed by atoms with E-state index in [0.717, 1.165) is 12.1 Å². The Labute approximate surface area is 92.0 Å². The van der Waals surface area contributed by atoms with Crippen molar-refractivity contribution in [3.05, 3.63) is 24.3 Å². The monoisotopic (exact) mass is 259 g/mol. The molecule has 1 aromatic rings. The van der Waals surface area contributed by atoms with E-state index >= 15 is 0 Å². The molecule has 0 saturated carbocycles. The summed E-state index contributed by atoms with van der Waals surface area (Å²) >= 11 is 0. The first-order valence-corrected chi connectivity index (χ1v) is 4.25. The summed E-state index contributed by atoms with van der Waals surface area (Å²) < 4.78 is 76.8. The van der Waals surface area contributed by atoms with Gasteiger partial charge in [-0.05, 0) is 24.3 Å². The van der Waals surface area contributed by atoms with E-state index in [2.05, 4.69) is 4.74 Å². The molecule has 0 radical (unpaired) electrons. The molecule has 2 nitrogen and oxygen atoms in total. The largest absolute Gasteiger partial charge is 0.460 e. The molecule has 8 heteroatoms. The average molecular weight is 259 g/mol. The van der Waals surface area contributed by atoms with Crippen LogP contribution in [-0.4, -0.2) is 18.5 Å². The SMILES string of the molecule is Nc1ccc(OC(F)C(F)(F)C(F)(F)F)cc1. The number of rotatable bonds is 3. The molecule has 0 saturated heterocycles. The predicted molar refractivity (Wildman–Crippen MR) is 47.4 cm³/mol. The topological polar surface area (TPSA) is 35.2 Å². The zero-order valence-electron chi connectivity index (χ0n) is 8.14. The van der Waals surface area contributed by atoms with Gasteiger partial charge in [0.15, 0.2) is 0 Å². The van der Waals surface area contributed by atoms with Crippen molar-refractivity contribution in [3.8, 4) is 5.75 Å². The third kappa shape index (κ3) is 2.95. The number of hydrogen-bond donors (Lipinski definition) is 1. The van der Waals surface area contributed by atoms with Gasteiger partial charge in [0.25, 0.3) is 0 Å². The van der Waals surface area contributed by atoms with Crippen LogP contribution in [0.2, 0.25) is 0 Å². The van der Waals surface area contributed by atoms with Gasteiger partial charge < -0.3 is 10.5 Å². The van der Waals surface area contributed by atoms with E-state index < -0.39 is 24.2 Å². The third-order valence-electron chi connectivity index (χ3n) is 1.78. The molecule has 96 valence electrons. The number of hydrogen-bond acceptors (Lipinski definition) is 2. The Bertz CT molecular complexity index is 374. The summed E-state index contributed by atoms with van der Waals surface area (Å²) in [6, 6.07) is 4.31. The maximum atomic E-state index is 12.7. The van der Waals surface area contributed by atoms with Gasteiger partial charge >= 0.3 is 18.5 Å². The molecule has 0 aromatic heterocycles. The van der Waals surface area contributed by atoms with Crippen molar-refractivity contribution in [2.24, 2.45) is 0 Å². The molecule has 2 N–H and O–H groups in total. The molecule has 0 amide bonds. The molecule has 0 heterocycles. The van der Waals surface area contributed by atoms with E-state index in [4.69, 9.17) is 5.73 Å². The molecule has 1 unspecified atom stereocenters. The highest BCUT2D eigenvalue weighted by Crippen LogP contribution is 2.40. The lowest BCUT2D eigenvalue weighted by Crippen LogP contribution is -2.47. The highest BCUT2D eigenvalue weighted by molar-refractivity contribution is 5.41. The van der Waals surface area contributed by atoms with Crippen LogP contribution in [0.5, 0.6) is 5.75 Å². The minimum Gasteiger partial charge on any atom is -0.454 e. The average Bonchev–Trinajstić information content (AvgIpc) is 2.19. The second-order valence-corrected chi connectivity index (χ2v) is 3.12. The summed E-state index contributed by atoms with van der Waals surface area (Å²) in [4.78, 5) is 0. The van der Waals surface area contributed by atoms with E-state index in [1.54, 1.807) is 0 Å². The van der Waals surface area contributed by atoms with E-state index in [0.29, 0.717) is 0 Å². The molecule has 1 atom stereocenters. The summed E-state index contributed by atoms with van der Waals surface area (Å²) in [6.45, 7) is 0. The first-order chi connectivity index (χ1) is 7.64. The van der Waals surface area contributed by atoms with E-state index in [-0.39, 0.29) is 5.69 Å². The summed E-state index contributed by atoms with van der Waals surface area (Å²) in [5, 5.41) is 0. The number of alkyl halides is 6. The predicted octanol–water partition coefficient (Wildman–Crippen LogP) is 3.14. The number of anilines is 1. The fourth-order valence-electron chi connectivity index (χ4n) is 0.869. The van der Waals surface area contributed by atoms with Gasteiger partial charge in [-0.2, -0.15) is 26.3 Å². The van der Waals surface area contributed by atoms with E-state index in [1.165, 1.54) is 12.1 Å². The Balaban J connectivity index is 2.79. The highest BCUT2D eigenvalue weighted by Gasteiger charge is 2.65. The van der Waals surface area contributed by atoms with Crippen LogP contribution in [0.15, 0.2) is 24.3 Å². The van der Waals surface area contributed by atoms with Crippen molar-refractivity contribution in [2.45, 2.75) is 18.5 Å². The molecule has 0 spiro atoms. The van der Waals surface area contributed by atoms with Gasteiger partial charge in [0.1, 0.15) is 5.75 Å². The van der Waals surface area contributed by atoms with Crippen LogP contribution in [-0.2, 0) is 0 Å². The smallest absolute Gasteiger partial charge is 0.454 e. The van der Waals surface area contributed by atoms with Gasteiger partial charge in [0.05, 0.1) is 0 Å². The second kappa shape index (κ2) is 4.34. The molecular formula is C9H7F6NO. The highest BCUT2D eigenvalue weighted by atomic mass is 19.4. The van der Waals surface area contributed by atoms with Crippen LogP contribution >= 0.6 is 0 Å². The quantitative estimate of drug-likeness (QED) is 0.668. The van der Waals surface area contributed by atoms with Crippen molar-refractivity contribution < 1.29 is 31.1 Å². The summed E-state index contributed by atoms with van der Waals surface area (Å²) in [7, 11) is 0. The van der Waals surface area contributed by atoms with E-state index in [9.17, 15) is 26.3 Å². The Kier molecular flexibility index (Phi) is 3.44. The molecule has 0 fully saturated rings. The van der Waals surface area contributed by atoms with Gasteiger partial charge in [-0.3, -0.25) is 0 Å². The lowest BCUT2D eigenvalue weighted by Gasteiger charge is -2.23. The van der Waals surface area contributed by atoms with Gasteiger partial charge in [0.2, 0.25) is 0 Å². The molecule has 0 aliphatic rings. The Morgan fingerprint density at radius 1 is 1.00 bits per heavy atom. The number of nitrogen functional groups attached to an aromatic ring is 1. The Hall–Kier alpha value is -1.60. The van der Waals surface area contributed by atoms with Crippen molar-refractivity contribution >= 4 is 5.69 Å². The molecule has 0 aliphatic heterocycles. The first-order valence-electron chi connectivity index (χ1n) is 4.25.